The molecule has 0 spiro atoms. The van der Waals surface area contributed by atoms with Gasteiger partial charge in [-0.3, -0.25) is 0 Å². The molecule has 0 bridgehead atoms. The minimum absolute atomic E-state index is 0.467. The number of nitrogens with zero attached hydrogens (tertiary/aromatic N) is 2. The zero-order chi connectivity index (χ0) is 19.3. The molecule has 0 amide bonds. The van der Waals surface area contributed by atoms with Gasteiger partial charge in [0.05, 0.1) is 16.6 Å². The molecule has 1 heterocycles. The van der Waals surface area contributed by atoms with E-state index < -0.39 is 0 Å². The number of rotatable bonds is 5. The first-order valence-electron chi connectivity index (χ1n) is 8.75. The molecule has 5 heteroatoms. The third-order valence-corrected chi connectivity index (χ3v) is 4.53. The Balaban J connectivity index is 1.49. The third-order valence-electron chi connectivity index (χ3n) is 4.27. The van der Waals surface area contributed by atoms with Crippen molar-refractivity contribution in [1.29, 1.82) is 5.26 Å². The number of aromatic nitrogens is 2. The molecule has 3 aromatic carbocycles. The van der Waals surface area contributed by atoms with Crippen LogP contribution in [-0.4, -0.2) is 9.97 Å². The molecule has 0 aliphatic carbocycles. The number of allylic oxidation sites excluding steroid dienone is 1. The molecule has 1 aromatic heterocycles. The van der Waals surface area contributed by atoms with E-state index in [4.69, 9.17) is 16.3 Å². The van der Waals surface area contributed by atoms with E-state index >= 15 is 0 Å². The first-order valence-corrected chi connectivity index (χ1v) is 9.13. The van der Waals surface area contributed by atoms with Crippen molar-refractivity contribution in [2.75, 3.05) is 0 Å². The Hall–Kier alpha value is -3.55. The molecule has 136 valence electrons. The van der Waals surface area contributed by atoms with Crippen LogP contribution in [0, 0.1) is 11.3 Å². The van der Waals surface area contributed by atoms with Crippen molar-refractivity contribution in [3.05, 3.63) is 94.8 Å². The lowest BCUT2D eigenvalue weighted by molar-refractivity contribution is 0.306. The van der Waals surface area contributed by atoms with Crippen molar-refractivity contribution in [1.82, 2.24) is 9.97 Å². The number of nitriles is 1. The third kappa shape index (κ3) is 4.06. The fraction of sp³-hybridized carbons (Fsp3) is 0.0435. The average molecular weight is 386 g/mol. The molecule has 0 saturated heterocycles. The van der Waals surface area contributed by atoms with Crippen LogP contribution < -0.4 is 4.74 Å². The summed E-state index contributed by atoms with van der Waals surface area (Å²) in [6, 6.07) is 25.1. The number of hydrogen-bond acceptors (Lipinski definition) is 3. The topological polar surface area (TPSA) is 61.7 Å². The van der Waals surface area contributed by atoms with Gasteiger partial charge in [-0.05, 0) is 53.6 Å². The van der Waals surface area contributed by atoms with Crippen LogP contribution in [0.4, 0.5) is 0 Å². The number of benzene rings is 3. The second-order valence-electron chi connectivity index (χ2n) is 6.26. The number of aromatic amines is 1. The number of ether oxygens (including phenoxy) is 1. The molecular weight excluding hydrogens is 370 g/mol. The van der Waals surface area contributed by atoms with E-state index in [1.807, 2.05) is 72.8 Å². The summed E-state index contributed by atoms with van der Waals surface area (Å²) in [4.78, 5) is 7.67. The summed E-state index contributed by atoms with van der Waals surface area (Å²) in [6.45, 7) is 0.467. The lowest BCUT2D eigenvalue weighted by Gasteiger charge is -2.06. The smallest absolute Gasteiger partial charge is 0.149 e. The normalized spacial score (nSPS) is 11.4. The van der Waals surface area contributed by atoms with Crippen molar-refractivity contribution >= 4 is 34.3 Å². The van der Waals surface area contributed by atoms with E-state index in [0.717, 1.165) is 27.9 Å². The average Bonchev–Trinajstić information content (AvgIpc) is 3.16. The van der Waals surface area contributed by atoms with Crippen LogP contribution >= 0.6 is 11.6 Å². The van der Waals surface area contributed by atoms with Gasteiger partial charge in [-0.15, -0.1) is 0 Å². The Morgan fingerprint density at radius 3 is 2.50 bits per heavy atom. The Bertz CT molecular complexity index is 1140. The van der Waals surface area contributed by atoms with Crippen molar-refractivity contribution < 1.29 is 4.74 Å². The number of fused-ring (bicyclic) bond motifs is 1. The van der Waals surface area contributed by atoms with Gasteiger partial charge in [0.25, 0.3) is 0 Å². The molecule has 0 unspecified atom stereocenters. The number of para-hydroxylation sites is 2. The van der Waals surface area contributed by atoms with E-state index in [1.54, 1.807) is 6.08 Å². The summed E-state index contributed by atoms with van der Waals surface area (Å²) < 4.78 is 5.80. The summed E-state index contributed by atoms with van der Waals surface area (Å²) in [5, 5.41) is 10.2. The molecule has 0 aliphatic rings. The maximum Gasteiger partial charge on any atom is 0.149 e. The van der Waals surface area contributed by atoms with Gasteiger partial charge in [-0.1, -0.05) is 48.0 Å². The number of nitrogens with one attached hydrogen (secondary N) is 1. The number of hydrogen-bond donors (Lipinski definition) is 1. The van der Waals surface area contributed by atoms with Gasteiger partial charge < -0.3 is 9.72 Å². The van der Waals surface area contributed by atoms with Crippen molar-refractivity contribution in [2.45, 2.75) is 6.61 Å². The molecule has 4 nitrogen and oxygen atoms in total. The predicted octanol–water partition coefficient (Wildman–Crippen LogP) is 5.86. The van der Waals surface area contributed by atoms with Crippen LogP contribution in [0.1, 0.15) is 17.0 Å². The van der Waals surface area contributed by atoms with Gasteiger partial charge in [0, 0.05) is 5.02 Å². The van der Waals surface area contributed by atoms with Gasteiger partial charge in [0.15, 0.2) is 0 Å². The highest BCUT2D eigenvalue weighted by molar-refractivity contribution is 6.30. The first kappa shape index (κ1) is 17.8. The number of halogens is 1. The highest BCUT2D eigenvalue weighted by atomic mass is 35.5. The number of imidazole rings is 1. The molecule has 0 fully saturated rings. The zero-order valence-electron chi connectivity index (χ0n) is 14.9. The predicted molar refractivity (Wildman–Crippen MR) is 112 cm³/mol. The molecule has 0 radical (unpaired) electrons. The van der Waals surface area contributed by atoms with Crippen LogP contribution in [0.25, 0.3) is 22.7 Å². The summed E-state index contributed by atoms with van der Waals surface area (Å²) in [6.07, 6.45) is 1.81. The van der Waals surface area contributed by atoms with E-state index in [9.17, 15) is 5.26 Å². The van der Waals surface area contributed by atoms with Crippen LogP contribution in [0.15, 0.2) is 72.8 Å². The summed E-state index contributed by atoms with van der Waals surface area (Å²) in [7, 11) is 0. The van der Waals surface area contributed by atoms with Crippen molar-refractivity contribution in [3.8, 4) is 11.8 Å². The molecule has 0 aliphatic heterocycles. The second kappa shape index (κ2) is 7.99. The van der Waals surface area contributed by atoms with Gasteiger partial charge >= 0.3 is 0 Å². The number of H-pyrrole nitrogens is 1. The van der Waals surface area contributed by atoms with Crippen LogP contribution in [-0.2, 0) is 6.61 Å². The van der Waals surface area contributed by atoms with E-state index in [-0.39, 0.29) is 0 Å². The maximum absolute atomic E-state index is 9.54. The van der Waals surface area contributed by atoms with Crippen LogP contribution in [0.2, 0.25) is 5.02 Å². The van der Waals surface area contributed by atoms with Crippen molar-refractivity contribution in [2.24, 2.45) is 0 Å². The van der Waals surface area contributed by atoms with Gasteiger partial charge in [0.1, 0.15) is 24.3 Å². The molecule has 4 rings (SSSR count). The zero-order valence-corrected chi connectivity index (χ0v) is 15.6. The lowest BCUT2D eigenvalue weighted by Crippen LogP contribution is -1.94. The lowest BCUT2D eigenvalue weighted by atomic mass is 10.1. The summed E-state index contributed by atoms with van der Waals surface area (Å²) >= 11 is 5.89. The monoisotopic (exact) mass is 385 g/mol. The molecule has 28 heavy (non-hydrogen) atoms. The summed E-state index contributed by atoms with van der Waals surface area (Å²) in [5.41, 5.74) is 4.17. The molecule has 0 saturated carbocycles. The quantitative estimate of drug-likeness (QED) is 0.437. The van der Waals surface area contributed by atoms with E-state index in [2.05, 4.69) is 16.0 Å². The standard InChI is InChI=1S/C23H16ClN3O/c24-19-9-5-17(6-10-19)15-28-20-11-7-16(8-12-20)13-18(14-25)23-26-21-3-1-2-4-22(21)27-23/h1-13H,15H2,(H,26,27). The van der Waals surface area contributed by atoms with Gasteiger partial charge in [-0.2, -0.15) is 5.26 Å². The van der Waals surface area contributed by atoms with Crippen LogP contribution in [0.5, 0.6) is 5.75 Å². The van der Waals surface area contributed by atoms with Crippen LogP contribution in [0.3, 0.4) is 0 Å². The minimum atomic E-state index is 0.467. The van der Waals surface area contributed by atoms with Gasteiger partial charge in [0.2, 0.25) is 0 Å². The van der Waals surface area contributed by atoms with Crippen molar-refractivity contribution in [3.63, 3.8) is 0 Å². The highest BCUT2D eigenvalue weighted by Crippen LogP contribution is 2.21. The highest BCUT2D eigenvalue weighted by Gasteiger charge is 2.07. The molecule has 0 atom stereocenters. The fourth-order valence-electron chi connectivity index (χ4n) is 2.81. The van der Waals surface area contributed by atoms with E-state index in [0.29, 0.717) is 23.0 Å². The largest absolute Gasteiger partial charge is 0.489 e. The first-order chi connectivity index (χ1) is 13.7. The van der Waals surface area contributed by atoms with E-state index in [1.165, 1.54) is 0 Å². The molecule has 4 aromatic rings. The van der Waals surface area contributed by atoms with Gasteiger partial charge in [-0.25, -0.2) is 4.98 Å². The summed E-state index contributed by atoms with van der Waals surface area (Å²) in [5.74, 6) is 1.32. The fourth-order valence-corrected chi connectivity index (χ4v) is 2.93. The second-order valence-corrected chi connectivity index (χ2v) is 6.69. The Morgan fingerprint density at radius 2 is 1.79 bits per heavy atom. The minimum Gasteiger partial charge on any atom is -0.489 e. The Kier molecular flexibility index (Phi) is 5.09. The molecular formula is C23H16ClN3O. The molecule has 1 N–H and O–H groups in total. The SMILES string of the molecule is N#CC(=Cc1ccc(OCc2ccc(Cl)cc2)cc1)c1nc2ccccc2[nH]1. The maximum atomic E-state index is 9.54. The Morgan fingerprint density at radius 1 is 1.04 bits per heavy atom. The Labute approximate surface area is 167 Å².